The molecule has 0 spiro atoms. The van der Waals surface area contributed by atoms with Crippen LogP contribution in [0.25, 0.3) is 0 Å². The predicted octanol–water partition coefficient (Wildman–Crippen LogP) is -4.07. The van der Waals surface area contributed by atoms with Crippen molar-refractivity contribution in [3.8, 4) is 0 Å². The summed E-state index contributed by atoms with van der Waals surface area (Å²) >= 11 is 0. The molecule has 3 amide bonds. The zero-order valence-electron chi connectivity index (χ0n) is 17.5. The van der Waals surface area contributed by atoms with Crippen LogP contribution < -0.4 is 27.4 Å². The van der Waals surface area contributed by atoms with Gasteiger partial charge in [-0.05, 0) is 25.8 Å². The molecule has 4 unspecified atom stereocenters. The summed E-state index contributed by atoms with van der Waals surface area (Å²) in [5.74, 6) is -3.79. The van der Waals surface area contributed by atoms with Crippen molar-refractivity contribution >= 4 is 23.7 Å². The van der Waals surface area contributed by atoms with Gasteiger partial charge in [0.1, 0.15) is 24.2 Å². The summed E-state index contributed by atoms with van der Waals surface area (Å²) in [6.07, 6.45) is 3.88. The first-order valence-electron chi connectivity index (χ1n) is 10.0. The molecule has 0 bridgehead atoms. The average Bonchev–Trinajstić information content (AvgIpc) is 3.28. The number of carbonyl (C=O) groups is 4. The number of aliphatic carboxylic acids is 1. The standard InChI is InChI=1S/C18H31N7O7/c19-4-2-1-3-12(23-15(28)11(20)7-26)16(29)25-14(8-27)17(30)24-13(18(31)32)5-10-6-21-9-22-10/h6,9,11-14,26-27H,1-5,7-8,19-20H2,(H,21,22)(H,23,28)(H,24,30)(H,25,29)(H,31,32). The quantitative estimate of drug-likeness (QED) is 0.115. The van der Waals surface area contributed by atoms with E-state index in [4.69, 9.17) is 16.6 Å². The molecule has 1 rings (SSSR count). The first-order chi connectivity index (χ1) is 15.2. The number of aromatic amines is 1. The highest BCUT2D eigenvalue weighted by Crippen LogP contribution is 2.03. The Hall–Kier alpha value is -3.07. The number of hydrogen-bond donors (Lipinski definition) is 9. The minimum atomic E-state index is -1.47. The van der Waals surface area contributed by atoms with Crippen LogP contribution in [0.5, 0.6) is 0 Å². The predicted molar refractivity (Wildman–Crippen MR) is 111 cm³/mol. The van der Waals surface area contributed by atoms with E-state index < -0.39 is 61.1 Å². The van der Waals surface area contributed by atoms with E-state index >= 15 is 0 Å². The number of rotatable bonds is 15. The number of amides is 3. The van der Waals surface area contributed by atoms with Crippen LogP contribution in [-0.2, 0) is 25.6 Å². The summed E-state index contributed by atoms with van der Waals surface area (Å²) in [6.45, 7) is -1.07. The minimum Gasteiger partial charge on any atom is -0.480 e. The number of hydrogen-bond acceptors (Lipinski definition) is 9. The molecule has 0 aliphatic carbocycles. The van der Waals surface area contributed by atoms with E-state index in [1.54, 1.807) is 0 Å². The van der Waals surface area contributed by atoms with Gasteiger partial charge in [0, 0.05) is 18.3 Å². The van der Waals surface area contributed by atoms with Gasteiger partial charge in [-0.25, -0.2) is 9.78 Å². The number of nitrogens with two attached hydrogens (primary N) is 2. The number of imidazole rings is 1. The van der Waals surface area contributed by atoms with E-state index in [2.05, 4.69) is 25.9 Å². The van der Waals surface area contributed by atoms with Gasteiger partial charge < -0.3 is 47.7 Å². The van der Waals surface area contributed by atoms with Crippen LogP contribution in [0.3, 0.4) is 0 Å². The van der Waals surface area contributed by atoms with E-state index in [0.29, 0.717) is 25.1 Å². The number of carboxylic acids is 1. The number of nitrogens with zero attached hydrogens (tertiary/aromatic N) is 1. The summed E-state index contributed by atoms with van der Waals surface area (Å²) in [5.41, 5.74) is 11.4. The van der Waals surface area contributed by atoms with Gasteiger partial charge in [-0.1, -0.05) is 0 Å². The first-order valence-corrected chi connectivity index (χ1v) is 10.0. The maximum atomic E-state index is 12.7. The molecule has 0 aromatic carbocycles. The second kappa shape index (κ2) is 14.1. The molecule has 0 saturated carbocycles. The lowest BCUT2D eigenvalue weighted by Crippen LogP contribution is -2.58. The van der Waals surface area contributed by atoms with E-state index in [1.807, 2.05) is 0 Å². The SMILES string of the molecule is NCCCCC(NC(=O)C(N)CO)C(=O)NC(CO)C(=O)NC(Cc1cnc[nH]1)C(=O)O. The lowest BCUT2D eigenvalue weighted by Gasteiger charge is -2.24. The van der Waals surface area contributed by atoms with Crippen molar-refractivity contribution in [3.63, 3.8) is 0 Å². The Morgan fingerprint density at radius 3 is 2.12 bits per heavy atom. The Labute approximate surface area is 184 Å². The molecule has 1 heterocycles. The van der Waals surface area contributed by atoms with Crippen molar-refractivity contribution in [1.82, 2.24) is 25.9 Å². The monoisotopic (exact) mass is 457 g/mol. The number of aliphatic hydroxyl groups is 2. The molecule has 32 heavy (non-hydrogen) atoms. The van der Waals surface area contributed by atoms with Crippen LogP contribution in [0.4, 0.5) is 0 Å². The number of aliphatic hydroxyl groups excluding tert-OH is 2. The Balaban J connectivity index is 2.81. The highest BCUT2D eigenvalue weighted by molar-refractivity contribution is 5.94. The maximum absolute atomic E-state index is 12.7. The molecule has 1 aromatic heterocycles. The van der Waals surface area contributed by atoms with Crippen LogP contribution in [0.15, 0.2) is 12.5 Å². The van der Waals surface area contributed by atoms with Gasteiger partial charge in [0.15, 0.2) is 0 Å². The molecule has 0 aliphatic heterocycles. The molecule has 0 aliphatic rings. The van der Waals surface area contributed by atoms with E-state index in [1.165, 1.54) is 12.5 Å². The zero-order chi connectivity index (χ0) is 24.1. The molecule has 0 radical (unpaired) electrons. The van der Waals surface area contributed by atoms with Crippen LogP contribution >= 0.6 is 0 Å². The van der Waals surface area contributed by atoms with Crippen molar-refractivity contribution in [1.29, 1.82) is 0 Å². The van der Waals surface area contributed by atoms with Gasteiger partial charge in [0.05, 0.1) is 19.5 Å². The number of aromatic nitrogens is 2. The Morgan fingerprint density at radius 1 is 0.969 bits per heavy atom. The topological polar surface area (TPSA) is 246 Å². The third-order valence-corrected chi connectivity index (χ3v) is 4.52. The highest BCUT2D eigenvalue weighted by atomic mass is 16.4. The molecule has 11 N–H and O–H groups in total. The number of nitrogens with one attached hydrogen (secondary N) is 4. The number of carboxylic acid groups (broad SMARTS) is 1. The summed E-state index contributed by atoms with van der Waals surface area (Å²) in [5, 5.41) is 34.9. The molecule has 1 aromatic rings. The van der Waals surface area contributed by atoms with Gasteiger partial charge in [-0.2, -0.15) is 0 Å². The van der Waals surface area contributed by atoms with Crippen molar-refractivity contribution in [2.24, 2.45) is 11.5 Å². The third-order valence-electron chi connectivity index (χ3n) is 4.52. The van der Waals surface area contributed by atoms with Gasteiger partial charge in [0.25, 0.3) is 0 Å². The molecule has 180 valence electrons. The molecular formula is C18H31N7O7. The normalized spacial score (nSPS) is 14.6. The summed E-state index contributed by atoms with van der Waals surface area (Å²) < 4.78 is 0. The van der Waals surface area contributed by atoms with Gasteiger partial charge in [0.2, 0.25) is 17.7 Å². The Kier molecular flexibility index (Phi) is 11.9. The van der Waals surface area contributed by atoms with Gasteiger partial charge in [-0.3, -0.25) is 14.4 Å². The zero-order valence-corrected chi connectivity index (χ0v) is 17.5. The summed E-state index contributed by atoms with van der Waals surface area (Å²) in [7, 11) is 0. The average molecular weight is 457 g/mol. The van der Waals surface area contributed by atoms with Gasteiger partial charge in [-0.15, -0.1) is 0 Å². The molecule has 4 atom stereocenters. The number of unbranched alkanes of at least 4 members (excludes halogenated alkanes) is 1. The van der Waals surface area contributed by atoms with Crippen molar-refractivity contribution in [2.45, 2.75) is 49.9 Å². The van der Waals surface area contributed by atoms with Crippen molar-refractivity contribution in [3.05, 3.63) is 18.2 Å². The second-order valence-electron chi connectivity index (χ2n) is 7.06. The molecular weight excluding hydrogens is 426 g/mol. The number of carbonyl (C=O) groups excluding carboxylic acids is 3. The molecule has 14 nitrogen and oxygen atoms in total. The maximum Gasteiger partial charge on any atom is 0.326 e. The summed E-state index contributed by atoms with van der Waals surface area (Å²) in [4.78, 5) is 55.1. The summed E-state index contributed by atoms with van der Waals surface area (Å²) in [6, 6.07) is -5.15. The highest BCUT2D eigenvalue weighted by Gasteiger charge is 2.30. The molecule has 14 heteroatoms. The van der Waals surface area contributed by atoms with Crippen molar-refractivity contribution < 1.29 is 34.5 Å². The Bertz CT molecular complexity index is 744. The smallest absolute Gasteiger partial charge is 0.326 e. The van der Waals surface area contributed by atoms with E-state index in [9.17, 15) is 29.4 Å². The third kappa shape index (κ3) is 8.97. The fraction of sp³-hybridized carbons (Fsp3) is 0.611. The van der Waals surface area contributed by atoms with Gasteiger partial charge >= 0.3 is 5.97 Å². The fourth-order valence-corrected chi connectivity index (χ4v) is 2.68. The lowest BCUT2D eigenvalue weighted by atomic mass is 10.1. The number of H-pyrrole nitrogens is 1. The fourth-order valence-electron chi connectivity index (χ4n) is 2.68. The second-order valence-corrected chi connectivity index (χ2v) is 7.06. The van der Waals surface area contributed by atoms with Crippen LogP contribution in [0, 0.1) is 0 Å². The van der Waals surface area contributed by atoms with Crippen LogP contribution in [0.2, 0.25) is 0 Å². The van der Waals surface area contributed by atoms with E-state index in [0.717, 1.165) is 0 Å². The largest absolute Gasteiger partial charge is 0.480 e. The van der Waals surface area contributed by atoms with Crippen LogP contribution in [0.1, 0.15) is 25.0 Å². The minimum absolute atomic E-state index is 0.0933. The molecule has 0 saturated heterocycles. The van der Waals surface area contributed by atoms with Crippen LogP contribution in [-0.4, -0.2) is 92.9 Å². The lowest BCUT2D eigenvalue weighted by molar-refractivity contribution is -0.142. The molecule has 0 fully saturated rings. The Morgan fingerprint density at radius 2 is 1.59 bits per heavy atom. The van der Waals surface area contributed by atoms with Crippen molar-refractivity contribution in [2.75, 3.05) is 19.8 Å². The van der Waals surface area contributed by atoms with E-state index in [-0.39, 0.29) is 12.8 Å². The first kappa shape index (κ1) is 27.0.